The smallest absolute Gasteiger partial charge is 0.251 e. The number of hydrogen-bond donors (Lipinski definition) is 1. The molecule has 1 heterocycles. The van der Waals surface area contributed by atoms with E-state index < -0.39 is 10.0 Å². The van der Waals surface area contributed by atoms with Crippen molar-refractivity contribution in [2.24, 2.45) is 0 Å². The first kappa shape index (κ1) is 22.3. The Bertz CT molecular complexity index is 922. The number of amides is 1. The number of para-hydroxylation sites is 1. The van der Waals surface area contributed by atoms with E-state index in [0.29, 0.717) is 38.2 Å². The van der Waals surface area contributed by atoms with Gasteiger partial charge in [-0.05, 0) is 56.7 Å². The van der Waals surface area contributed by atoms with Gasteiger partial charge < -0.3 is 14.8 Å². The van der Waals surface area contributed by atoms with Gasteiger partial charge in [-0.15, -0.1) is 0 Å². The Morgan fingerprint density at radius 1 is 1.07 bits per heavy atom. The van der Waals surface area contributed by atoms with Crippen molar-refractivity contribution < 1.29 is 22.7 Å². The summed E-state index contributed by atoms with van der Waals surface area (Å²) < 4.78 is 38.4. The predicted octanol–water partition coefficient (Wildman–Crippen LogP) is 2.68. The molecule has 0 unspecified atom stereocenters. The molecule has 7 nitrogen and oxygen atoms in total. The fourth-order valence-corrected chi connectivity index (χ4v) is 4.93. The number of nitrogens with zero attached hydrogens (tertiary/aromatic N) is 1. The summed E-state index contributed by atoms with van der Waals surface area (Å²) in [7, 11) is -3.62. The van der Waals surface area contributed by atoms with Gasteiger partial charge in [0.15, 0.2) is 0 Å². The maximum atomic E-state index is 12.9. The first-order valence-corrected chi connectivity index (χ1v) is 11.5. The second kappa shape index (κ2) is 10.1. The summed E-state index contributed by atoms with van der Waals surface area (Å²) in [4.78, 5) is 12.5. The molecule has 2 aromatic carbocycles. The van der Waals surface area contributed by atoms with Gasteiger partial charge in [-0.3, -0.25) is 4.79 Å². The van der Waals surface area contributed by atoms with Crippen LogP contribution in [0.5, 0.6) is 5.75 Å². The van der Waals surface area contributed by atoms with Crippen LogP contribution in [-0.4, -0.2) is 57.1 Å². The van der Waals surface area contributed by atoms with Crippen LogP contribution >= 0.6 is 0 Å². The molecule has 1 aliphatic rings. The summed E-state index contributed by atoms with van der Waals surface area (Å²) in [5.74, 6) is 0.553. The third kappa shape index (κ3) is 5.81. The van der Waals surface area contributed by atoms with Gasteiger partial charge in [0.2, 0.25) is 10.0 Å². The van der Waals surface area contributed by atoms with Crippen LogP contribution in [0.15, 0.2) is 59.5 Å². The quantitative estimate of drug-likeness (QED) is 0.649. The lowest BCUT2D eigenvalue weighted by Crippen LogP contribution is -2.48. The topological polar surface area (TPSA) is 84.9 Å². The van der Waals surface area contributed by atoms with Crippen LogP contribution in [0.3, 0.4) is 0 Å². The molecule has 0 bridgehead atoms. The highest BCUT2D eigenvalue weighted by molar-refractivity contribution is 7.89. The second-order valence-corrected chi connectivity index (χ2v) is 9.31. The molecule has 0 spiro atoms. The fourth-order valence-electron chi connectivity index (χ4n) is 3.34. The van der Waals surface area contributed by atoms with E-state index in [1.54, 1.807) is 0 Å². The minimum atomic E-state index is -3.62. The summed E-state index contributed by atoms with van der Waals surface area (Å²) in [6.45, 7) is 5.32. The van der Waals surface area contributed by atoms with Crippen LogP contribution in [0.4, 0.5) is 0 Å². The normalized spacial score (nSPS) is 19.9. The lowest BCUT2D eigenvalue weighted by atomic mass is 10.2. The van der Waals surface area contributed by atoms with Gasteiger partial charge in [0, 0.05) is 25.2 Å². The summed E-state index contributed by atoms with van der Waals surface area (Å²) in [5, 5.41) is 2.82. The monoisotopic (exact) mass is 432 g/mol. The van der Waals surface area contributed by atoms with Crippen LogP contribution in [0.1, 0.15) is 30.6 Å². The molecule has 1 saturated heterocycles. The fraction of sp³-hybridized carbons (Fsp3) is 0.409. The minimum absolute atomic E-state index is 0.153. The van der Waals surface area contributed by atoms with Crippen molar-refractivity contribution in [1.82, 2.24) is 9.62 Å². The third-order valence-electron chi connectivity index (χ3n) is 4.76. The van der Waals surface area contributed by atoms with Gasteiger partial charge >= 0.3 is 0 Å². The number of benzene rings is 2. The van der Waals surface area contributed by atoms with Crippen LogP contribution in [-0.2, 0) is 14.8 Å². The van der Waals surface area contributed by atoms with Crippen LogP contribution < -0.4 is 10.1 Å². The van der Waals surface area contributed by atoms with E-state index in [9.17, 15) is 13.2 Å². The highest BCUT2D eigenvalue weighted by Crippen LogP contribution is 2.21. The van der Waals surface area contributed by atoms with E-state index >= 15 is 0 Å². The molecule has 3 rings (SSSR count). The SMILES string of the molecule is C[C@@H]1CN(S(=O)(=O)c2ccc(C(=O)NCCCOc3ccccc3)cc2)C[C@@H](C)O1. The van der Waals surface area contributed by atoms with E-state index in [4.69, 9.17) is 9.47 Å². The van der Waals surface area contributed by atoms with Gasteiger partial charge in [-0.25, -0.2) is 8.42 Å². The van der Waals surface area contributed by atoms with E-state index in [-0.39, 0.29) is 23.0 Å². The zero-order valence-corrected chi connectivity index (χ0v) is 18.1. The largest absolute Gasteiger partial charge is 0.494 e. The molecule has 162 valence electrons. The molecule has 2 atom stereocenters. The Hall–Kier alpha value is -2.42. The number of hydrogen-bond acceptors (Lipinski definition) is 5. The molecule has 1 N–H and O–H groups in total. The standard InChI is InChI=1S/C22H28N2O5S/c1-17-15-24(16-18(2)29-17)30(26,27)21-11-9-19(10-12-21)22(25)23-13-6-14-28-20-7-4-3-5-8-20/h3-5,7-12,17-18H,6,13-16H2,1-2H3,(H,23,25)/t17-,18-/m1/s1. The number of carbonyl (C=O) groups excluding carboxylic acids is 1. The summed E-state index contributed by atoms with van der Waals surface area (Å²) in [5.41, 5.74) is 0.418. The Kier molecular flexibility index (Phi) is 7.47. The molecule has 1 amide bonds. The molecule has 1 aliphatic heterocycles. The molecular formula is C22H28N2O5S. The minimum Gasteiger partial charge on any atom is -0.494 e. The highest BCUT2D eigenvalue weighted by atomic mass is 32.2. The average molecular weight is 433 g/mol. The van der Waals surface area contributed by atoms with Crippen molar-refractivity contribution in [2.45, 2.75) is 37.4 Å². The lowest BCUT2D eigenvalue weighted by Gasteiger charge is -2.34. The summed E-state index contributed by atoms with van der Waals surface area (Å²) in [6.07, 6.45) is 0.361. The molecular weight excluding hydrogens is 404 g/mol. The third-order valence-corrected chi connectivity index (χ3v) is 6.60. The number of nitrogens with one attached hydrogen (secondary N) is 1. The van der Waals surface area contributed by atoms with Crippen LogP contribution in [0.2, 0.25) is 0 Å². The molecule has 0 aromatic heterocycles. The predicted molar refractivity (Wildman–Crippen MR) is 114 cm³/mol. The zero-order chi connectivity index (χ0) is 21.6. The van der Waals surface area contributed by atoms with E-state index in [2.05, 4.69) is 5.32 Å². The molecule has 1 fully saturated rings. The molecule has 2 aromatic rings. The summed E-state index contributed by atoms with van der Waals surface area (Å²) in [6, 6.07) is 15.5. The Balaban J connectivity index is 1.50. The Labute approximate surface area is 178 Å². The van der Waals surface area contributed by atoms with Crippen LogP contribution in [0, 0.1) is 0 Å². The van der Waals surface area contributed by atoms with Crippen molar-refractivity contribution in [1.29, 1.82) is 0 Å². The van der Waals surface area contributed by atoms with Crippen molar-refractivity contribution in [3.8, 4) is 5.75 Å². The zero-order valence-electron chi connectivity index (χ0n) is 17.3. The number of carbonyl (C=O) groups is 1. The highest BCUT2D eigenvalue weighted by Gasteiger charge is 2.32. The van der Waals surface area contributed by atoms with Gasteiger partial charge in [0.25, 0.3) is 5.91 Å². The van der Waals surface area contributed by atoms with Gasteiger partial charge in [0.05, 0.1) is 23.7 Å². The average Bonchev–Trinajstić information content (AvgIpc) is 2.73. The number of rotatable bonds is 8. The number of ether oxygens (including phenoxy) is 2. The number of sulfonamides is 1. The van der Waals surface area contributed by atoms with Gasteiger partial charge in [-0.1, -0.05) is 18.2 Å². The molecule has 30 heavy (non-hydrogen) atoms. The van der Waals surface area contributed by atoms with Gasteiger partial charge in [0.1, 0.15) is 5.75 Å². The van der Waals surface area contributed by atoms with Crippen molar-refractivity contribution >= 4 is 15.9 Å². The Morgan fingerprint density at radius 3 is 2.33 bits per heavy atom. The van der Waals surface area contributed by atoms with E-state index in [0.717, 1.165) is 5.75 Å². The maximum absolute atomic E-state index is 12.9. The first-order valence-electron chi connectivity index (χ1n) is 10.1. The second-order valence-electron chi connectivity index (χ2n) is 7.37. The van der Waals surface area contributed by atoms with Crippen LogP contribution in [0.25, 0.3) is 0 Å². The Morgan fingerprint density at radius 2 is 1.70 bits per heavy atom. The van der Waals surface area contributed by atoms with Crippen molar-refractivity contribution in [3.63, 3.8) is 0 Å². The molecule has 0 radical (unpaired) electrons. The number of morpholine rings is 1. The lowest BCUT2D eigenvalue weighted by molar-refractivity contribution is -0.0440. The van der Waals surface area contributed by atoms with Gasteiger partial charge in [-0.2, -0.15) is 4.31 Å². The van der Waals surface area contributed by atoms with E-state index in [1.165, 1.54) is 28.6 Å². The van der Waals surface area contributed by atoms with Crippen molar-refractivity contribution in [2.75, 3.05) is 26.2 Å². The molecule has 0 saturated carbocycles. The maximum Gasteiger partial charge on any atom is 0.251 e. The summed E-state index contributed by atoms with van der Waals surface area (Å²) >= 11 is 0. The molecule has 8 heteroatoms. The first-order chi connectivity index (χ1) is 14.4. The molecule has 0 aliphatic carbocycles. The van der Waals surface area contributed by atoms with E-state index in [1.807, 2.05) is 44.2 Å². The van der Waals surface area contributed by atoms with Crippen molar-refractivity contribution in [3.05, 3.63) is 60.2 Å².